The predicted octanol–water partition coefficient (Wildman–Crippen LogP) is 3.54. The highest BCUT2D eigenvalue weighted by atomic mass is 32.1. The Kier molecular flexibility index (Phi) is 5.14. The number of benzene rings is 2. The molecule has 2 amide bonds. The molecule has 1 aliphatic rings. The first-order valence-electron chi connectivity index (χ1n) is 9.18. The zero-order valence-electron chi connectivity index (χ0n) is 15.3. The van der Waals surface area contributed by atoms with E-state index < -0.39 is 17.5 Å². The van der Waals surface area contributed by atoms with Crippen LogP contribution in [-0.4, -0.2) is 45.8 Å². The van der Waals surface area contributed by atoms with E-state index in [0.29, 0.717) is 41.7 Å². The van der Waals surface area contributed by atoms with Crippen molar-refractivity contribution in [1.82, 2.24) is 20.2 Å². The average Bonchev–Trinajstić information content (AvgIpc) is 3.07. The van der Waals surface area contributed by atoms with Crippen molar-refractivity contribution in [3.05, 3.63) is 63.9 Å². The molecule has 6 nitrogen and oxygen atoms in total. The first kappa shape index (κ1) is 19.3. The van der Waals surface area contributed by atoms with E-state index in [1.54, 1.807) is 11.0 Å². The third kappa shape index (κ3) is 3.91. The molecule has 2 heterocycles. The van der Waals surface area contributed by atoms with Gasteiger partial charge in [-0.1, -0.05) is 12.1 Å². The maximum absolute atomic E-state index is 13.9. The van der Waals surface area contributed by atoms with Crippen LogP contribution in [0.25, 0.3) is 11.0 Å². The third-order valence-electron chi connectivity index (χ3n) is 5.06. The maximum atomic E-state index is 13.9. The summed E-state index contributed by atoms with van der Waals surface area (Å²) < 4.78 is 28.0. The van der Waals surface area contributed by atoms with Gasteiger partial charge in [0.1, 0.15) is 11.6 Å². The second-order valence-electron chi connectivity index (χ2n) is 6.97. The Morgan fingerprint density at radius 3 is 2.52 bits per heavy atom. The van der Waals surface area contributed by atoms with Gasteiger partial charge in [-0.05, 0) is 49.3 Å². The molecule has 1 aromatic heterocycles. The molecule has 2 aromatic carbocycles. The molecule has 0 atom stereocenters. The molecule has 3 N–H and O–H groups in total. The lowest BCUT2D eigenvalue weighted by Gasteiger charge is -2.32. The third-order valence-corrected chi connectivity index (χ3v) is 5.26. The van der Waals surface area contributed by atoms with Crippen LogP contribution in [0.5, 0.6) is 0 Å². The van der Waals surface area contributed by atoms with E-state index in [1.165, 1.54) is 30.3 Å². The topological polar surface area (TPSA) is 81.0 Å². The number of nitrogens with zero attached hydrogens (tertiary/aromatic N) is 1. The second-order valence-corrected chi connectivity index (χ2v) is 7.38. The van der Waals surface area contributed by atoms with E-state index in [0.717, 1.165) is 0 Å². The number of carbonyl (C=O) groups is 2. The molecule has 0 unspecified atom stereocenters. The van der Waals surface area contributed by atoms with Gasteiger partial charge in [0.25, 0.3) is 11.8 Å². The van der Waals surface area contributed by atoms with Crippen LogP contribution < -0.4 is 5.32 Å². The summed E-state index contributed by atoms with van der Waals surface area (Å²) in [6, 6.07) is 8.10. The quantitative estimate of drug-likeness (QED) is 0.572. The Morgan fingerprint density at radius 2 is 1.79 bits per heavy atom. The summed E-state index contributed by atoms with van der Waals surface area (Å²) in [5.74, 6) is -1.88. The highest BCUT2D eigenvalue weighted by Gasteiger charge is 2.27. The van der Waals surface area contributed by atoms with E-state index >= 15 is 0 Å². The first-order valence-corrected chi connectivity index (χ1v) is 9.59. The van der Waals surface area contributed by atoms with Crippen LogP contribution in [-0.2, 0) is 0 Å². The monoisotopic (exact) mass is 416 g/mol. The molecular formula is C20H18F2N4O2S. The number of rotatable bonds is 3. The van der Waals surface area contributed by atoms with Crippen molar-refractivity contribution in [3.63, 3.8) is 0 Å². The number of aromatic nitrogens is 2. The lowest BCUT2D eigenvalue weighted by molar-refractivity contribution is 0.0699. The normalized spacial score (nSPS) is 14.9. The molecule has 0 spiro atoms. The standard InChI is InChI=1S/C20H18F2N4O2S/c21-11-9-14(17-16(10-11)24-20(29)25-17)19(28)26-7-5-12(6-8-26)23-18(27)13-3-1-2-4-15(13)22/h1-4,9-10,12H,5-8H2,(H,23,27)(H2,24,25,29). The molecule has 0 aliphatic carbocycles. The van der Waals surface area contributed by atoms with Crippen molar-refractivity contribution >= 4 is 35.1 Å². The number of nitrogens with one attached hydrogen (secondary N) is 3. The number of halogens is 2. The van der Waals surface area contributed by atoms with E-state index in [9.17, 15) is 18.4 Å². The summed E-state index contributed by atoms with van der Waals surface area (Å²) in [4.78, 5) is 32.5. The largest absolute Gasteiger partial charge is 0.349 e. The van der Waals surface area contributed by atoms with Crippen LogP contribution in [0.4, 0.5) is 8.78 Å². The number of H-pyrrole nitrogens is 2. The molecule has 0 saturated carbocycles. The van der Waals surface area contributed by atoms with Crippen molar-refractivity contribution in [2.75, 3.05) is 13.1 Å². The van der Waals surface area contributed by atoms with Gasteiger partial charge in [-0.2, -0.15) is 0 Å². The van der Waals surface area contributed by atoms with Gasteiger partial charge >= 0.3 is 0 Å². The summed E-state index contributed by atoms with van der Waals surface area (Å²) >= 11 is 5.04. The fraction of sp³-hybridized carbons (Fsp3) is 0.250. The number of piperidine rings is 1. The average molecular weight is 416 g/mol. The predicted molar refractivity (Wildman–Crippen MR) is 106 cm³/mol. The van der Waals surface area contributed by atoms with Gasteiger partial charge in [-0.25, -0.2) is 8.78 Å². The molecule has 29 heavy (non-hydrogen) atoms. The van der Waals surface area contributed by atoms with E-state index in [4.69, 9.17) is 12.2 Å². The molecule has 1 fully saturated rings. The molecule has 0 radical (unpaired) electrons. The van der Waals surface area contributed by atoms with Crippen molar-refractivity contribution in [3.8, 4) is 0 Å². The molecule has 150 valence electrons. The lowest BCUT2D eigenvalue weighted by Crippen LogP contribution is -2.46. The van der Waals surface area contributed by atoms with Crippen LogP contribution in [0.2, 0.25) is 0 Å². The summed E-state index contributed by atoms with van der Waals surface area (Å²) in [7, 11) is 0. The number of aromatic amines is 2. The summed E-state index contributed by atoms with van der Waals surface area (Å²) in [5.41, 5.74) is 1.11. The highest BCUT2D eigenvalue weighted by Crippen LogP contribution is 2.22. The van der Waals surface area contributed by atoms with Gasteiger partial charge in [-0.15, -0.1) is 0 Å². The number of hydrogen-bond donors (Lipinski definition) is 3. The Labute approximate surface area is 169 Å². The molecule has 4 rings (SSSR count). The van der Waals surface area contributed by atoms with E-state index in [2.05, 4.69) is 15.3 Å². The number of imidazole rings is 1. The molecular weight excluding hydrogens is 398 g/mol. The van der Waals surface area contributed by atoms with Gasteiger partial charge < -0.3 is 20.2 Å². The Bertz CT molecular complexity index is 1150. The molecule has 1 aliphatic heterocycles. The fourth-order valence-electron chi connectivity index (χ4n) is 3.58. The number of fused-ring (bicyclic) bond motifs is 1. The highest BCUT2D eigenvalue weighted by molar-refractivity contribution is 7.71. The van der Waals surface area contributed by atoms with E-state index in [-0.39, 0.29) is 23.1 Å². The van der Waals surface area contributed by atoms with E-state index in [1.807, 2.05) is 0 Å². The van der Waals surface area contributed by atoms with Crippen molar-refractivity contribution in [2.45, 2.75) is 18.9 Å². The minimum atomic E-state index is -0.573. The van der Waals surface area contributed by atoms with Crippen molar-refractivity contribution in [2.24, 2.45) is 0 Å². The summed E-state index contributed by atoms with van der Waals surface area (Å²) in [5, 5.41) is 2.82. The van der Waals surface area contributed by atoms with Crippen LogP contribution in [0.3, 0.4) is 0 Å². The van der Waals surface area contributed by atoms with Gasteiger partial charge in [0, 0.05) is 19.1 Å². The minimum absolute atomic E-state index is 0.00382. The lowest BCUT2D eigenvalue weighted by atomic mass is 10.0. The smallest absolute Gasteiger partial charge is 0.256 e. The fourth-order valence-corrected chi connectivity index (χ4v) is 3.79. The van der Waals surface area contributed by atoms with Gasteiger partial charge in [-0.3, -0.25) is 9.59 Å². The minimum Gasteiger partial charge on any atom is -0.349 e. The molecule has 1 saturated heterocycles. The molecule has 0 bridgehead atoms. The van der Waals surface area contributed by atoms with Gasteiger partial charge in [0.2, 0.25) is 0 Å². The maximum Gasteiger partial charge on any atom is 0.256 e. The number of amides is 2. The van der Waals surface area contributed by atoms with Gasteiger partial charge in [0.05, 0.1) is 22.2 Å². The zero-order chi connectivity index (χ0) is 20.5. The Morgan fingerprint density at radius 1 is 1.07 bits per heavy atom. The van der Waals surface area contributed by atoms with Crippen LogP contribution in [0.1, 0.15) is 33.6 Å². The van der Waals surface area contributed by atoms with Gasteiger partial charge in [0.15, 0.2) is 4.77 Å². The number of hydrogen-bond acceptors (Lipinski definition) is 3. The molecule has 9 heteroatoms. The van der Waals surface area contributed by atoms with Crippen molar-refractivity contribution < 1.29 is 18.4 Å². The Hall–Kier alpha value is -3.07. The summed E-state index contributed by atoms with van der Waals surface area (Å²) in [6.45, 7) is 0.786. The first-order chi connectivity index (χ1) is 13.9. The SMILES string of the molecule is O=C(NC1CCN(C(=O)c2cc(F)cc3[nH]c(=S)[nH]c23)CC1)c1ccccc1F. The van der Waals surface area contributed by atoms with Crippen LogP contribution in [0, 0.1) is 16.4 Å². The number of carbonyl (C=O) groups excluding carboxylic acids is 2. The Balaban J connectivity index is 1.44. The van der Waals surface area contributed by atoms with Crippen molar-refractivity contribution in [1.29, 1.82) is 0 Å². The zero-order valence-corrected chi connectivity index (χ0v) is 16.1. The molecule has 3 aromatic rings. The summed E-state index contributed by atoms with van der Waals surface area (Å²) in [6.07, 6.45) is 1.04. The van der Waals surface area contributed by atoms with Crippen LogP contribution >= 0.6 is 12.2 Å². The number of likely N-dealkylation sites (tertiary alicyclic amines) is 1. The van der Waals surface area contributed by atoms with Crippen LogP contribution in [0.15, 0.2) is 36.4 Å². The second kappa shape index (κ2) is 7.75.